The van der Waals surface area contributed by atoms with Crippen LogP contribution in [0.15, 0.2) is 18.2 Å². The zero-order chi connectivity index (χ0) is 15.6. The van der Waals surface area contributed by atoms with Crippen molar-refractivity contribution in [3.8, 4) is 0 Å². The van der Waals surface area contributed by atoms with Crippen LogP contribution in [0.5, 0.6) is 0 Å². The van der Waals surface area contributed by atoms with Crippen molar-refractivity contribution in [2.75, 3.05) is 5.73 Å². The number of anilines is 1. The van der Waals surface area contributed by atoms with E-state index in [4.69, 9.17) is 5.73 Å². The van der Waals surface area contributed by atoms with Crippen LogP contribution in [0, 0.1) is 18.3 Å². The molecule has 1 aromatic carbocycles. The summed E-state index contributed by atoms with van der Waals surface area (Å²) in [7, 11) is 0. The van der Waals surface area contributed by atoms with Crippen molar-refractivity contribution in [3.05, 3.63) is 29.3 Å². The Kier molecular flexibility index (Phi) is 4.60. The number of amides is 1. The number of hydrogen-bond donors (Lipinski definition) is 2. The van der Waals surface area contributed by atoms with E-state index in [0.29, 0.717) is 17.2 Å². The molecule has 2 atom stereocenters. The first kappa shape index (κ1) is 15.9. The standard InChI is InChI=1S/C18H28N2O/c1-12-13(8-7-10-15(12)19)17(21)20-16-11-6-5-9-14(16)18(2,3)4/h7-8,10,14,16H,5-6,9,11,19H2,1-4H3,(H,20,21). The first-order valence-corrected chi connectivity index (χ1v) is 7.96. The van der Waals surface area contributed by atoms with Gasteiger partial charge in [0, 0.05) is 17.3 Å². The van der Waals surface area contributed by atoms with Gasteiger partial charge in [-0.1, -0.05) is 39.7 Å². The minimum atomic E-state index is 0.0148. The minimum absolute atomic E-state index is 0.0148. The lowest BCUT2D eigenvalue weighted by atomic mass is 9.69. The SMILES string of the molecule is Cc1c(N)cccc1C(=O)NC1CCCCC1C(C)(C)C. The lowest BCUT2D eigenvalue weighted by Crippen LogP contribution is -2.46. The van der Waals surface area contributed by atoms with Crippen molar-refractivity contribution >= 4 is 11.6 Å². The van der Waals surface area contributed by atoms with Gasteiger partial charge in [0.25, 0.3) is 5.91 Å². The smallest absolute Gasteiger partial charge is 0.251 e. The molecule has 1 aliphatic rings. The highest BCUT2D eigenvalue weighted by atomic mass is 16.1. The maximum absolute atomic E-state index is 12.6. The number of rotatable bonds is 2. The zero-order valence-electron chi connectivity index (χ0n) is 13.7. The van der Waals surface area contributed by atoms with Gasteiger partial charge >= 0.3 is 0 Å². The summed E-state index contributed by atoms with van der Waals surface area (Å²) in [5, 5.41) is 3.27. The molecule has 2 unspecified atom stereocenters. The lowest BCUT2D eigenvalue weighted by molar-refractivity contribution is 0.0829. The molecule has 1 aromatic rings. The average Bonchev–Trinajstić information content (AvgIpc) is 2.41. The van der Waals surface area contributed by atoms with Gasteiger partial charge in [0.05, 0.1) is 0 Å². The normalized spacial score (nSPS) is 22.9. The topological polar surface area (TPSA) is 55.1 Å². The Morgan fingerprint density at radius 1 is 1.24 bits per heavy atom. The summed E-state index contributed by atoms with van der Waals surface area (Å²) in [6.07, 6.45) is 4.75. The van der Waals surface area contributed by atoms with Gasteiger partial charge in [-0.05, 0) is 48.8 Å². The summed E-state index contributed by atoms with van der Waals surface area (Å²) < 4.78 is 0. The van der Waals surface area contributed by atoms with Crippen molar-refractivity contribution in [2.45, 2.75) is 59.4 Å². The molecule has 0 heterocycles. The van der Waals surface area contributed by atoms with Crippen LogP contribution in [0.3, 0.4) is 0 Å². The molecule has 3 N–H and O–H groups in total. The van der Waals surface area contributed by atoms with Crippen molar-refractivity contribution in [2.24, 2.45) is 11.3 Å². The first-order chi connectivity index (χ1) is 9.80. The fourth-order valence-electron chi connectivity index (χ4n) is 3.49. The number of carbonyl (C=O) groups is 1. The molecule has 2 rings (SSSR count). The number of nitrogen functional groups attached to an aromatic ring is 1. The van der Waals surface area contributed by atoms with E-state index < -0.39 is 0 Å². The predicted octanol–water partition coefficient (Wildman–Crippen LogP) is 3.91. The Labute approximate surface area is 128 Å². The zero-order valence-corrected chi connectivity index (χ0v) is 13.7. The van der Waals surface area contributed by atoms with E-state index in [2.05, 4.69) is 26.1 Å². The molecule has 116 valence electrons. The lowest BCUT2D eigenvalue weighted by Gasteiger charge is -2.40. The van der Waals surface area contributed by atoms with Gasteiger partial charge in [-0.2, -0.15) is 0 Å². The fraction of sp³-hybridized carbons (Fsp3) is 0.611. The number of benzene rings is 1. The van der Waals surface area contributed by atoms with E-state index in [0.717, 1.165) is 12.0 Å². The molecular weight excluding hydrogens is 260 g/mol. The number of hydrogen-bond acceptors (Lipinski definition) is 2. The van der Waals surface area contributed by atoms with E-state index in [1.165, 1.54) is 19.3 Å². The molecule has 1 fully saturated rings. The van der Waals surface area contributed by atoms with Crippen molar-refractivity contribution in [3.63, 3.8) is 0 Å². The second-order valence-corrected chi connectivity index (χ2v) is 7.36. The summed E-state index contributed by atoms with van der Waals surface area (Å²) in [5.74, 6) is 0.553. The van der Waals surface area contributed by atoms with Crippen LogP contribution in [0.25, 0.3) is 0 Å². The second kappa shape index (κ2) is 6.08. The molecule has 0 aliphatic heterocycles. The fourth-order valence-corrected chi connectivity index (χ4v) is 3.49. The predicted molar refractivity (Wildman–Crippen MR) is 88.3 cm³/mol. The molecule has 3 nitrogen and oxygen atoms in total. The van der Waals surface area contributed by atoms with Crippen LogP contribution in [0.1, 0.15) is 62.4 Å². The van der Waals surface area contributed by atoms with Gasteiger partial charge in [-0.25, -0.2) is 0 Å². The van der Waals surface area contributed by atoms with E-state index in [1.54, 1.807) is 0 Å². The van der Waals surface area contributed by atoms with E-state index in [-0.39, 0.29) is 17.4 Å². The Morgan fingerprint density at radius 3 is 2.57 bits per heavy atom. The maximum Gasteiger partial charge on any atom is 0.251 e. The molecule has 0 spiro atoms. The largest absolute Gasteiger partial charge is 0.398 e. The van der Waals surface area contributed by atoms with E-state index in [1.807, 2.05) is 25.1 Å². The first-order valence-electron chi connectivity index (χ1n) is 7.96. The van der Waals surface area contributed by atoms with Gasteiger partial charge in [0.2, 0.25) is 0 Å². The van der Waals surface area contributed by atoms with Gasteiger partial charge in [-0.15, -0.1) is 0 Å². The summed E-state index contributed by atoms with van der Waals surface area (Å²) in [5.41, 5.74) is 8.39. The molecule has 0 radical (unpaired) electrons. The molecule has 1 aliphatic carbocycles. The highest BCUT2D eigenvalue weighted by molar-refractivity contribution is 5.97. The third-order valence-corrected chi connectivity index (χ3v) is 4.82. The number of nitrogens with two attached hydrogens (primary N) is 1. The number of nitrogens with one attached hydrogen (secondary N) is 1. The molecule has 3 heteroatoms. The molecule has 0 aromatic heterocycles. The molecular formula is C18H28N2O. The summed E-state index contributed by atoms with van der Waals surface area (Å²) in [4.78, 5) is 12.6. The summed E-state index contributed by atoms with van der Waals surface area (Å²) >= 11 is 0. The van der Waals surface area contributed by atoms with Crippen LogP contribution in [-0.4, -0.2) is 11.9 Å². The molecule has 21 heavy (non-hydrogen) atoms. The molecule has 0 saturated heterocycles. The van der Waals surface area contributed by atoms with Crippen LogP contribution >= 0.6 is 0 Å². The van der Waals surface area contributed by atoms with Crippen LogP contribution in [0.4, 0.5) is 5.69 Å². The Balaban J connectivity index is 2.15. The van der Waals surface area contributed by atoms with Crippen molar-refractivity contribution in [1.29, 1.82) is 0 Å². The average molecular weight is 288 g/mol. The van der Waals surface area contributed by atoms with Crippen molar-refractivity contribution < 1.29 is 4.79 Å². The van der Waals surface area contributed by atoms with Gasteiger partial charge in [0.1, 0.15) is 0 Å². The summed E-state index contributed by atoms with van der Waals surface area (Å²) in [6, 6.07) is 5.81. The van der Waals surface area contributed by atoms with E-state index in [9.17, 15) is 4.79 Å². The van der Waals surface area contributed by atoms with Crippen LogP contribution in [0.2, 0.25) is 0 Å². The number of carbonyl (C=O) groups excluding carboxylic acids is 1. The van der Waals surface area contributed by atoms with Crippen LogP contribution < -0.4 is 11.1 Å². The molecule has 1 saturated carbocycles. The van der Waals surface area contributed by atoms with Crippen molar-refractivity contribution in [1.82, 2.24) is 5.32 Å². The Morgan fingerprint density at radius 2 is 1.90 bits per heavy atom. The maximum atomic E-state index is 12.6. The second-order valence-electron chi connectivity index (χ2n) is 7.36. The van der Waals surface area contributed by atoms with Gasteiger partial charge < -0.3 is 11.1 Å². The molecule has 0 bridgehead atoms. The molecule has 1 amide bonds. The quantitative estimate of drug-likeness (QED) is 0.811. The highest BCUT2D eigenvalue weighted by Gasteiger charge is 2.35. The third kappa shape index (κ3) is 3.58. The Bertz CT molecular complexity index is 516. The Hall–Kier alpha value is -1.51. The minimum Gasteiger partial charge on any atom is -0.398 e. The van der Waals surface area contributed by atoms with E-state index >= 15 is 0 Å². The monoisotopic (exact) mass is 288 g/mol. The highest BCUT2D eigenvalue weighted by Crippen LogP contribution is 2.38. The third-order valence-electron chi connectivity index (χ3n) is 4.82. The van der Waals surface area contributed by atoms with Crippen LogP contribution in [-0.2, 0) is 0 Å². The van der Waals surface area contributed by atoms with Gasteiger partial charge in [-0.3, -0.25) is 4.79 Å². The van der Waals surface area contributed by atoms with Gasteiger partial charge in [0.15, 0.2) is 0 Å². The summed E-state index contributed by atoms with van der Waals surface area (Å²) in [6.45, 7) is 8.72.